The van der Waals surface area contributed by atoms with Gasteiger partial charge in [0, 0.05) is 31.3 Å². The van der Waals surface area contributed by atoms with Gasteiger partial charge in [-0.25, -0.2) is 0 Å². The summed E-state index contributed by atoms with van der Waals surface area (Å²) in [4.78, 5) is 14.6. The van der Waals surface area contributed by atoms with Gasteiger partial charge in [-0.3, -0.25) is 4.79 Å². The van der Waals surface area contributed by atoms with Crippen molar-refractivity contribution in [1.82, 2.24) is 10.2 Å². The van der Waals surface area contributed by atoms with Crippen molar-refractivity contribution in [3.8, 4) is 11.5 Å². The van der Waals surface area contributed by atoms with E-state index < -0.39 is 0 Å². The maximum absolute atomic E-state index is 12.8. The van der Waals surface area contributed by atoms with Crippen LogP contribution in [0.3, 0.4) is 0 Å². The second-order valence-corrected chi connectivity index (χ2v) is 6.98. The molecule has 1 aromatic carbocycles. The zero-order valence-electron chi connectivity index (χ0n) is 15.3. The van der Waals surface area contributed by atoms with E-state index in [2.05, 4.69) is 5.32 Å². The maximum Gasteiger partial charge on any atom is 0.239 e. The Labute approximate surface area is 156 Å². The number of carbonyl (C=O) groups is 1. The van der Waals surface area contributed by atoms with Gasteiger partial charge in [-0.15, -0.1) is 12.4 Å². The molecule has 1 amide bonds. The Morgan fingerprint density at radius 2 is 2.00 bits per heavy atom. The van der Waals surface area contributed by atoms with Crippen LogP contribution < -0.4 is 14.8 Å². The van der Waals surface area contributed by atoms with Crippen LogP contribution in [0.5, 0.6) is 11.5 Å². The Morgan fingerprint density at radius 1 is 1.24 bits per heavy atom. The molecule has 1 aliphatic heterocycles. The highest BCUT2D eigenvalue weighted by atomic mass is 35.5. The Bertz CT molecular complexity index is 582. The molecule has 0 aromatic heterocycles. The molecule has 1 saturated heterocycles. The number of fused-ring (bicyclic) bond motifs is 1. The minimum atomic E-state index is -0.0349. The van der Waals surface area contributed by atoms with Crippen LogP contribution in [-0.4, -0.2) is 44.2 Å². The fourth-order valence-corrected chi connectivity index (χ4v) is 4.09. The first-order valence-corrected chi connectivity index (χ1v) is 8.84. The molecule has 0 radical (unpaired) electrons. The lowest BCUT2D eigenvalue weighted by molar-refractivity contribution is -0.132. The molecule has 3 rings (SSSR count). The van der Waals surface area contributed by atoms with E-state index in [9.17, 15) is 4.79 Å². The van der Waals surface area contributed by atoms with Crippen molar-refractivity contribution in [1.29, 1.82) is 0 Å². The number of amides is 1. The van der Waals surface area contributed by atoms with Crippen molar-refractivity contribution in [2.45, 2.75) is 50.7 Å². The lowest BCUT2D eigenvalue weighted by Gasteiger charge is -2.24. The first kappa shape index (κ1) is 19.9. The van der Waals surface area contributed by atoms with Crippen molar-refractivity contribution in [2.75, 3.05) is 21.3 Å². The third-order valence-corrected chi connectivity index (χ3v) is 5.44. The highest BCUT2D eigenvalue weighted by Crippen LogP contribution is 2.34. The van der Waals surface area contributed by atoms with E-state index in [4.69, 9.17) is 9.47 Å². The normalized spacial score (nSPS) is 24.8. The van der Waals surface area contributed by atoms with E-state index >= 15 is 0 Å². The molecule has 3 atom stereocenters. The lowest BCUT2D eigenvalue weighted by Crippen LogP contribution is -2.43. The predicted molar refractivity (Wildman–Crippen MR) is 101 cm³/mol. The number of nitrogens with one attached hydrogen (secondary N) is 1. The molecule has 1 aliphatic carbocycles. The number of benzene rings is 1. The van der Waals surface area contributed by atoms with E-state index in [0.29, 0.717) is 18.5 Å². The molecule has 1 heterocycles. The number of methoxy groups -OCH3 is 2. The topological polar surface area (TPSA) is 50.8 Å². The van der Waals surface area contributed by atoms with Crippen LogP contribution in [0.25, 0.3) is 0 Å². The molecule has 2 aliphatic rings. The average molecular weight is 369 g/mol. The minimum Gasteiger partial charge on any atom is -0.497 e. The highest BCUT2D eigenvalue weighted by molar-refractivity contribution is 5.85. The Hall–Kier alpha value is -1.46. The molecule has 0 bridgehead atoms. The second-order valence-electron chi connectivity index (χ2n) is 6.98. The molecule has 5 nitrogen and oxygen atoms in total. The Balaban J connectivity index is 0.00000225. The third-order valence-electron chi connectivity index (χ3n) is 5.44. The van der Waals surface area contributed by atoms with Crippen LogP contribution in [0.4, 0.5) is 0 Å². The molecular formula is C19H29ClN2O3. The number of rotatable bonds is 5. The van der Waals surface area contributed by atoms with Crippen LogP contribution >= 0.6 is 12.4 Å². The van der Waals surface area contributed by atoms with E-state index in [1.165, 1.54) is 25.7 Å². The van der Waals surface area contributed by atoms with Gasteiger partial charge in [-0.05, 0) is 37.3 Å². The van der Waals surface area contributed by atoms with Crippen LogP contribution in [0, 0.1) is 5.92 Å². The van der Waals surface area contributed by atoms with Gasteiger partial charge in [-0.2, -0.15) is 0 Å². The molecule has 6 heteroatoms. The summed E-state index contributed by atoms with van der Waals surface area (Å²) in [6, 6.07) is 6.22. The summed E-state index contributed by atoms with van der Waals surface area (Å²) in [5, 5.41) is 3.56. The Morgan fingerprint density at radius 3 is 2.68 bits per heavy atom. The van der Waals surface area contributed by atoms with E-state index in [-0.39, 0.29) is 24.4 Å². The summed E-state index contributed by atoms with van der Waals surface area (Å²) in [5.74, 6) is 2.37. The molecule has 140 valence electrons. The standard InChI is InChI=1S/C19H28N2O3.ClH/c1-21(12-14-8-9-15(23-2)11-18(14)24-3)19(22)17-10-13-6-4-5-7-16(13)20-17;/h8-9,11,13,16-17,20H,4-7,10,12H2,1-3H3;1H. The molecule has 2 fully saturated rings. The summed E-state index contributed by atoms with van der Waals surface area (Å²) in [5.41, 5.74) is 0.990. The van der Waals surface area contributed by atoms with Gasteiger partial charge in [0.1, 0.15) is 11.5 Å². The van der Waals surface area contributed by atoms with Crippen LogP contribution in [-0.2, 0) is 11.3 Å². The van der Waals surface area contributed by atoms with Gasteiger partial charge in [0.25, 0.3) is 0 Å². The molecule has 25 heavy (non-hydrogen) atoms. The van der Waals surface area contributed by atoms with Gasteiger partial charge in [0.05, 0.1) is 20.3 Å². The number of ether oxygens (including phenoxy) is 2. The van der Waals surface area contributed by atoms with Crippen molar-refractivity contribution in [3.63, 3.8) is 0 Å². The largest absolute Gasteiger partial charge is 0.497 e. The van der Waals surface area contributed by atoms with Crippen LogP contribution in [0.15, 0.2) is 18.2 Å². The quantitative estimate of drug-likeness (QED) is 0.868. The number of hydrogen-bond acceptors (Lipinski definition) is 4. The summed E-state index contributed by atoms with van der Waals surface area (Å²) in [6.45, 7) is 0.541. The Kier molecular flexibility index (Phi) is 6.96. The summed E-state index contributed by atoms with van der Waals surface area (Å²) >= 11 is 0. The SMILES string of the molecule is COc1ccc(CN(C)C(=O)C2CC3CCCCC3N2)c(OC)c1.Cl. The first-order valence-electron chi connectivity index (χ1n) is 8.84. The summed E-state index contributed by atoms with van der Waals surface area (Å²) in [7, 11) is 5.15. The fraction of sp³-hybridized carbons (Fsp3) is 0.632. The molecule has 0 spiro atoms. The van der Waals surface area contributed by atoms with Gasteiger partial charge in [-0.1, -0.05) is 12.8 Å². The molecule has 1 aromatic rings. The van der Waals surface area contributed by atoms with E-state index in [1.807, 2.05) is 25.2 Å². The van der Waals surface area contributed by atoms with E-state index in [0.717, 1.165) is 23.5 Å². The van der Waals surface area contributed by atoms with Crippen LogP contribution in [0.2, 0.25) is 0 Å². The second kappa shape index (κ2) is 8.77. The van der Waals surface area contributed by atoms with Crippen LogP contribution in [0.1, 0.15) is 37.7 Å². The number of hydrogen-bond donors (Lipinski definition) is 1. The highest BCUT2D eigenvalue weighted by Gasteiger charge is 2.39. The lowest BCUT2D eigenvalue weighted by atomic mass is 9.85. The summed E-state index contributed by atoms with van der Waals surface area (Å²) in [6.07, 6.45) is 6.05. The smallest absolute Gasteiger partial charge is 0.239 e. The first-order chi connectivity index (χ1) is 11.6. The number of likely N-dealkylation sites (N-methyl/N-ethyl adjacent to an activating group) is 1. The van der Waals surface area contributed by atoms with Crippen molar-refractivity contribution >= 4 is 18.3 Å². The van der Waals surface area contributed by atoms with Gasteiger partial charge < -0.3 is 19.7 Å². The molecule has 3 unspecified atom stereocenters. The molecular weight excluding hydrogens is 340 g/mol. The minimum absolute atomic E-state index is 0. The van der Waals surface area contributed by atoms with Gasteiger partial charge in [0.15, 0.2) is 0 Å². The molecule has 1 saturated carbocycles. The fourth-order valence-electron chi connectivity index (χ4n) is 4.09. The van der Waals surface area contributed by atoms with Crippen molar-refractivity contribution in [3.05, 3.63) is 23.8 Å². The zero-order chi connectivity index (χ0) is 17.1. The van der Waals surface area contributed by atoms with Crippen molar-refractivity contribution < 1.29 is 14.3 Å². The number of carbonyl (C=O) groups excluding carboxylic acids is 1. The number of halogens is 1. The molecule has 1 N–H and O–H groups in total. The van der Waals surface area contributed by atoms with E-state index in [1.54, 1.807) is 19.1 Å². The van der Waals surface area contributed by atoms with Crippen molar-refractivity contribution in [2.24, 2.45) is 5.92 Å². The predicted octanol–water partition coefficient (Wildman–Crippen LogP) is 3.00. The number of nitrogens with zero attached hydrogens (tertiary/aromatic N) is 1. The maximum atomic E-state index is 12.8. The average Bonchev–Trinajstić information content (AvgIpc) is 3.05. The van der Waals surface area contributed by atoms with Gasteiger partial charge >= 0.3 is 0 Å². The van der Waals surface area contributed by atoms with Gasteiger partial charge in [0.2, 0.25) is 5.91 Å². The zero-order valence-corrected chi connectivity index (χ0v) is 16.1. The third kappa shape index (κ3) is 4.39. The summed E-state index contributed by atoms with van der Waals surface area (Å²) < 4.78 is 10.7. The monoisotopic (exact) mass is 368 g/mol.